The van der Waals surface area contributed by atoms with Gasteiger partial charge in [-0.2, -0.15) is 0 Å². The molecule has 0 fully saturated rings. The third-order valence-corrected chi connectivity index (χ3v) is 6.52. The van der Waals surface area contributed by atoms with Gasteiger partial charge in [-0.1, -0.05) is 89.6 Å². The first-order valence-electron chi connectivity index (χ1n) is 8.47. The minimum Gasteiger partial charge on any atom is -0.370 e. The Morgan fingerprint density at radius 2 is 1.23 bits per heavy atom. The highest BCUT2D eigenvalue weighted by Gasteiger charge is 2.40. The van der Waals surface area contributed by atoms with Gasteiger partial charge >= 0.3 is 0 Å². The lowest BCUT2D eigenvalue weighted by Crippen LogP contribution is -2.22. The fourth-order valence-electron chi connectivity index (χ4n) is 3.10. The Kier molecular flexibility index (Phi) is 4.45. The van der Waals surface area contributed by atoms with Crippen LogP contribution in [0.2, 0.25) is 0 Å². The van der Waals surface area contributed by atoms with Crippen LogP contribution in [0.4, 0.5) is 5.69 Å². The Morgan fingerprint density at radius 3 is 1.77 bits per heavy atom. The molecular formula is C22H21NO2S. The van der Waals surface area contributed by atoms with Crippen molar-refractivity contribution in [3.8, 4) is 0 Å². The average molecular weight is 363 g/mol. The molecule has 1 atom stereocenters. The van der Waals surface area contributed by atoms with E-state index in [2.05, 4.69) is 40.7 Å². The number of nitrogens with zero attached hydrogens (tertiary/aromatic N) is 1. The highest BCUT2D eigenvalue weighted by molar-refractivity contribution is 8.27. The highest BCUT2D eigenvalue weighted by atomic mass is 32.3. The van der Waals surface area contributed by atoms with Crippen LogP contribution in [0.1, 0.15) is 11.1 Å². The maximum atomic E-state index is 6.48. The minimum atomic E-state index is -1.97. The van der Waals surface area contributed by atoms with Gasteiger partial charge in [-0.05, 0) is 12.1 Å². The van der Waals surface area contributed by atoms with Crippen LogP contribution < -0.4 is 4.31 Å². The second kappa shape index (κ2) is 6.90. The molecule has 0 radical (unpaired) electrons. The maximum absolute atomic E-state index is 6.48. The molecule has 0 spiro atoms. The fourth-order valence-corrected chi connectivity index (χ4v) is 4.90. The third kappa shape index (κ3) is 2.87. The molecule has 3 nitrogen and oxygen atoms in total. The molecule has 1 unspecified atom stereocenters. The summed E-state index contributed by atoms with van der Waals surface area (Å²) in [5, 5.41) is 0. The molecule has 1 aliphatic rings. The molecule has 26 heavy (non-hydrogen) atoms. The van der Waals surface area contributed by atoms with Gasteiger partial charge in [0.1, 0.15) is 5.70 Å². The molecule has 0 aromatic heterocycles. The smallest absolute Gasteiger partial charge is 0.186 e. The predicted molar refractivity (Wildman–Crippen MR) is 110 cm³/mol. The molecule has 0 saturated heterocycles. The van der Waals surface area contributed by atoms with Gasteiger partial charge in [-0.3, -0.25) is 4.18 Å². The van der Waals surface area contributed by atoms with E-state index in [0.29, 0.717) is 0 Å². The van der Waals surface area contributed by atoms with Crippen LogP contribution in [0.5, 0.6) is 0 Å². The Morgan fingerprint density at radius 1 is 0.731 bits per heavy atom. The zero-order chi connectivity index (χ0) is 18.0. The van der Waals surface area contributed by atoms with Crippen LogP contribution in [-0.4, -0.2) is 13.4 Å². The van der Waals surface area contributed by atoms with Crippen LogP contribution in [0.25, 0.3) is 11.5 Å². The molecular weight excluding hydrogens is 342 g/mol. The van der Waals surface area contributed by atoms with Crippen LogP contribution in [0.15, 0.2) is 91.0 Å². The van der Waals surface area contributed by atoms with Crippen LogP contribution >= 0.6 is 10.8 Å². The highest BCUT2D eigenvalue weighted by Crippen LogP contribution is 2.64. The van der Waals surface area contributed by atoms with Crippen molar-refractivity contribution in [1.29, 1.82) is 0 Å². The van der Waals surface area contributed by atoms with Crippen molar-refractivity contribution in [2.24, 2.45) is 0 Å². The lowest BCUT2D eigenvalue weighted by Gasteiger charge is -2.42. The number of anilines is 1. The zero-order valence-corrected chi connectivity index (χ0v) is 15.6. The summed E-state index contributed by atoms with van der Waals surface area (Å²) >= 11 is 0. The van der Waals surface area contributed by atoms with Crippen molar-refractivity contribution in [2.75, 3.05) is 17.7 Å². The van der Waals surface area contributed by atoms with E-state index < -0.39 is 10.8 Å². The van der Waals surface area contributed by atoms with Gasteiger partial charge in [-0.15, -0.1) is 0 Å². The molecule has 0 aliphatic carbocycles. The molecule has 4 heteroatoms. The Bertz CT molecular complexity index is 913. The first kappa shape index (κ1) is 16.8. The number of benzene rings is 3. The first-order valence-corrected chi connectivity index (χ1v) is 10.3. The summed E-state index contributed by atoms with van der Waals surface area (Å²) < 4.78 is 14.6. The molecule has 1 heterocycles. The van der Waals surface area contributed by atoms with E-state index in [1.807, 2.05) is 60.9 Å². The third-order valence-electron chi connectivity index (χ3n) is 4.37. The number of hydrogen-bond acceptors (Lipinski definition) is 3. The molecule has 0 amide bonds. The number of para-hydroxylation sites is 1. The molecule has 0 N–H and O–H groups in total. The van der Waals surface area contributed by atoms with E-state index in [9.17, 15) is 0 Å². The molecule has 1 aliphatic heterocycles. The largest absolute Gasteiger partial charge is 0.370 e. The van der Waals surface area contributed by atoms with E-state index in [1.165, 1.54) is 0 Å². The number of hydrogen-bond donors (Lipinski definition) is 0. The topological polar surface area (TPSA) is 21.7 Å². The summed E-state index contributed by atoms with van der Waals surface area (Å²) in [6.07, 6.45) is 2.03. The molecule has 0 saturated carbocycles. The summed E-state index contributed by atoms with van der Waals surface area (Å²) in [5.41, 5.74) is 4.23. The van der Waals surface area contributed by atoms with Gasteiger partial charge in [0.2, 0.25) is 0 Å². The second-order valence-electron chi connectivity index (χ2n) is 6.02. The molecule has 132 valence electrons. The SMILES string of the molecule is COS1(C)OC(c2ccccc2)=C(c2ccccc2)N1c1ccccc1. The van der Waals surface area contributed by atoms with Crippen molar-refractivity contribution in [3.63, 3.8) is 0 Å². The van der Waals surface area contributed by atoms with E-state index in [1.54, 1.807) is 7.11 Å². The van der Waals surface area contributed by atoms with Gasteiger partial charge in [0.25, 0.3) is 0 Å². The van der Waals surface area contributed by atoms with Crippen molar-refractivity contribution in [1.82, 2.24) is 0 Å². The molecule has 3 aromatic rings. The maximum Gasteiger partial charge on any atom is 0.186 e. The Labute approximate surface area is 156 Å². The number of rotatable bonds is 4. The van der Waals surface area contributed by atoms with E-state index in [-0.39, 0.29) is 0 Å². The van der Waals surface area contributed by atoms with Crippen molar-refractivity contribution in [3.05, 3.63) is 102 Å². The normalized spacial score (nSPS) is 22.0. The van der Waals surface area contributed by atoms with Gasteiger partial charge in [0.05, 0.1) is 19.1 Å². The van der Waals surface area contributed by atoms with Gasteiger partial charge in [0.15, 0.2) is 5.76 Å². The first-order chi connectivity index (χ1) is 12.7. The van der Waals surface area contributed by atoms with Crippen LogP contribution in [0.3, 0.4) is 0 Å². The Balaban J connectivity index is 1.98. The van der Waals surface area contributed by atoms with Gasteiger partial charge in [-0.25, -0.2) is 4.31 Å². The zero-order valence-electron chi connectivity index (χ0n) is 14.8. The monoisotopic (exact) mass is 363 g/mol. The fraction of sp³-hybridized carbons (Fsp3) is 0.0909. The van der Waals surface area contributed by atoms with Crippen molar-refractivity contribution >= 4 is 27.9 Å². The van der Waals surface area contributed by atoms with Crippen molar-refractivity contribution < 1.29 is 8.37 Å². The molecule has 0 bridgehead atoms. The summed E-state index contributed by atoms with van der Waals surface area (Å²) in [5.74, 6) is 0.847. The Hall–Kier alpha value is -2.69. The van der Waals surface area contributed by atoms with Crippen LogP contribution in [0, 0.1) is 0 Å². The van der Waals surface area contributed by atoms with Crippen LogP contribution in [-0.2, 0) is 8.37 Å². The second-order valence-corrected chi connectivity index (χ2v) is 8.35. The summed E-state index contributed by atoms with van der Waals surface area (Å²) in [6.45, 7) is 0. The summed E-state index contributed by atoms with van der Waals surface area (Å²) in [6, 6.07) is 30.8. The average Bonchev–Trinajstić information content (AvgIpc) is 3.04. The minimum absolute atomic E-state index is 0.847. The lowest BCUT2D eigenvalue weighted by molar-refractivity contribution is 0.399. The molecule has 3 aromatic carbocycles. The van der Waals surface area contributed by atoms with Gasteiger partial charge in [0, 0.05) is 11.1 Å². The lowest BCUT2D eigenvalue weighted by atomic mass is 10.1. The summed E-state index contributed by atoms with van der Waals surface area (Å²) in [4.78, 5) is 0. The summed E-state index contributed by atoms with van der Waals surface area (Å²) in [7, 11) is -0.261. The van der Waals surface area contributed by atoms with E-state index >= 15 is 0 Å². The van der Waals surface area contributed by atoms with Gasteiger partial charge < -0.3 is 4.18 Å². The quantitative estimate of drug-likeness (QED) is 0.578. The van der Waals surface area contributed by atoms with Crippen molar-refractivity contribution in [2.45, 2.75) is 0 Å². The van der Waals surface area contributed by atoms with E-state index in [0.717, 1.165) is 28.3 Å². The molecule has 4 rings (SSSR count). The predicted octanol–water partition coefficient (Wildman–Crippen LogP) is 5.88. The van der Waals surface area contributed by atoms with E-state index in [4.69, 9.17) is 8.37 Å². The standard InChI is InChI=1S/C22H21NO2S/c1-24-26(2)23(20-16-10-5-11-17-20)21(18-12-6-3-7-13-18)22(25-26)19-14-8-4-9-15-19/h3-17H,1-2H3.